The second-order valence-electron chi connectivity index (χ2n) is 5.20. The van der Waals surface area contributed by atoms with Crippen molar-refractivity contribution in [2.45, 2.75) is 26.3 Å². The third kappa shape index (κ3) is 5.85. The number of esters is 1. The van der Waals surface area contributed by atoms with Crippen LogP contribution in [0.15, 0.2) is 29.4 Å². The Morgan fingerprint density at radius 3 is 2.57 bits per heavy atom. The lowest BCUT2D eigenvalue weighted by atomic mass is 9.99. The molecule has 114 valence electrons. The number of hydrogen-bond acceptors (Lipinski definition) is 4. The molecule has 0 aliphatic rings. The van der Waals surface area contributed by atoms with Crippen LogP contribution < -0.4 is 5.32 Å². The summed E-state index contributed by atoms with van der Waals surface area (Å²) in [6, 6.07) is 7.37. The smallest absolute Gasteiger partial charge is 0.327 e. The fraction of sp³-hybridized carbons (Fsp3) is 0.533. The molecule has 0 saturated carbocycles. The Morgan fingerprint density at radius 2 is 2.05 bits per heavy atom. The molecule has 0 aliphatic carbocycles. The molecule has 1 rings (SSSR count). The Balaban J connectivity index is 2.77. The van der Waals surface area contributed by atoms with Crippen molar-refractivity contribution in [3.05, 3.63) is 45.8 Å². The number of benzene rings is 1. The highest BCUT2D eigenvalue weighted by Crippen LogP contribution is 2.17. The van der Waals surface area contributed by atoms with Gasteiger partial charge in [-0.3, -0.25) is 0 Å². The zero-order chi connectivity index (χ0) is 15.7. The van der Waals surface area contributed by atoms with Gasteiger partial charge < -0.3 is 10.1 Å². The number of methoxy groups -OCH3 is 1. The predicted molar refractivity (Wildman–Crippen MR) is 81.8 cm³/mol. The van der Waals surface area contributed by atoms with Gasteiger partial charge in [-0.05, 0) is 29.0 Å². The first kappa shape index (κ1) is 17.0. The van der Waals surface area contributed by atoms with Crippen LogP contribution >= 0.6 is 0 Å². The maximum atomic E-state index is 11.9. The van der Waals surface area contributed by atoms with E-state index in [1.807, 2.05) is 24.3 Å². The topological polar surface area (TPSA) is 87.1 Å². The van der Waals surface area contributed by atoms with E-state index in [-0.39, 0.29) is 12.5 Å². The quantitative estimate of drug-likeness (QED) is 0.262. The Kier molecular flexibility index (Phi) is 7.29. The third-order valence-corrected chi connectivity index (χ3v) is 3.02. The van der Waals surface area contributed by atoms with E-state index in [4.69, 9.17) is 10.3 Å². The molecular weight excluding hydrogens is 268 g/mol. The number of rotatable bonds is 8. The molecule has 0 spiro atoms. The van der Waals surface area contributed by atoms with E-state index in [1.165, 1.54) is 12.7 Å². The summed E-state index contributed by atoms with van der Waals surface area (Å²) in [7, 11) is 1.36. The van der Waals surface area contributed by atoms with Crippen molar-refractivity contribution >= 4 is 5.97 Å². The molecule has 0 aromatic heterocycles. The molecule has 0 aliphatic heterocycles. The molecule has 0 fully saturated rings. The number of nitrogens with zero attached hydrogens (tertiary/aromatic N) is 3. The molecule has 1 aromatic carbocycles. The highest BCUT2D eigenvalue weighted by Gasteiger charge is 2.20. The molecule has 0 heterocycles. The number of carbonyl (C=O) groups excluding carboxylic acids is 1. The maximum Gasteiger partial charge on any atom is 0.327 e. The standard InChI is InChI=1S/C15H22N4O2/c1-11(2)10-12-4-6-13(7-5-12)14(15(20)21-3)17-8-9-18-19-16/h4-7,11,14,17H,8-10H2,1-3H3. The van der Waals surface area contributed by atoms with Gasteiger partial charge in [0.05, 0.1) is 7.11 Å². The fourth-order valence-electron chi connectivity index (χ4n) is 2.08. The molecule has 0 saturated heterocycles. The van der Waals surface area contributed by atoms with Crippen molar-refractivity contribution in [2.75, 3.05) is 20.2 Å². The second kappa shape index (κ2) is 9.00. The van der Waals surface area contributed by atoms with Crippen LogP contribution in [0.1, 0.15) is 31.0 Å². The van der Waals surface area contributed by atoms with Crippen molar-refractivity contribution in [1.29, 1.82) is 0 Å². The van der Waals surface area contributed by atoms with Gasteiger partial charge >= 0.3 is 5.97 Å². The first-order valence-corrected chi connectivity index (χ1v) is 6.99. The molecule has 1 aromatic rings. The Hall–Kier alpha value is -2.04. The average Bonchev–Trinajstić information content (AvgIpc) is 2.47. The van der Waals surface area contributed by atoms with E-state index < -0.39 is 6.04 Å². The van der Waals surface area contributed by atoms with Crippen LogP contribution in [0, 0.1) is 5.92 Å². The first-order valence-electron chi connectivity index (χ1n) is 6.99. The minimum Gasteiger partial charge on any atom is -0.468 e. The van der Waals surface area contributed by atoms with Crippen molar-refractivity contribution in [2.24, 2.45) is 11.0 Å². The Morgan fingerprint density at radius 1 is 1.38 bits per heavy atom. The normalized spacial score (nSPS) is 11.8. The molecule has 0 bridgehead atoms. The highest BCUT2D eigenvalue weighted by molar-refractivity contribution is 5.77. The molecule has 0 amide bonds. The summed E-state index contributed by atoms with van der Waals surface area (Å²) in [6.07, 6.45) is 1.01. The maximum absolute atomic E-state index is 11.9. The van der Waals surface area contributed by atoms with E-state index in [1.54, 1.807) is 0 Å². The number of ether oxygens (including phenoxy) is 1. The second-order valence-corrected chi connectivity index (χ2v) is 5.20. The zero-order valence-electron chi connectivity index (χ0n) is 12.7. The summed E-state index contributed by atoms with van der Waals surface area (Å²) < 4.78 is 4.81. The van der Waals surface area contributed by atoms with Gasteiger partial charge in [0.1, 0.15) is 6.04 Å². The highest BCUT2D eigenvalue weighted by atomic mass is 16.5. The molecule has 1 atom stereocenters. The zero-order valence-corrected chi connectivity index (χ0v) is 12.7. The van der Waals surface area contributed by atoms with Crippen molar-refractivity contribution in [1.82, 2.24) is 5.32 Å². The van der Waals surface area contributed by atoms with Crippen molar-refractivity contribution in [3.63, 3.8) is 0 Å². The van der Waals surface area contributed by atoms with Crippen molar-refractivity contribution < 1.29 is 9.53 Å². The van der Waals surface area contributed by atoms with E-state index >= 15 is 0 Å². The molecule has 1 N–H and O–H groups in total. The van der Waals surface area contributed by atoms with Crippen LogP contribution in [0.25, 0.3) is 10.4 Å². The molecular formula is C15H22N4O2. The predicted octanol–water partition coefficient (Wildman–Crippen LogP) is 3.00. The van der Waals surface area contributed by atoms with Gasteiger partial charge in [-0.15, -0.1) is 0 Å². The van der Waals surface area contributed by atoms with Gasteiger partial charge in [-0.1, -0.05) is 43.2 Å². The average molecular weight is 290 g/mol. The first-order chi connectivity index (χ1) is 10.1. The van der Waals surface area contributed by atoms with E-state index in [0.717, 1.165) is 12.0 Å². The van der Waals surface area contributed by atoms with E-state index in [0.29, 0.717) is 12.5 Å². The van der Waals surface area contributed by atoms with Gasteiger partial charge in [-0.25, -0.2) is 4.79 Å². The lowest BCUT2D eigenvalue weighted by Crippen LogP contribution is -2.31. The van der Waals surface area contributed by atoms with Gasteiger partial charge in [0, 0.05) is 18.0 Å². The SMILES string of the molecule is COC(=O)C(NCCN=[N+]=[N-])c1ccc(CC(C)C)cc1. The van der Waals surface area contributed by atoms with Crippen LogP contribution in [0.2, 0.25) is 0 Å². The van der Waals surface area contributed by atoms with Crippen LogP contribution in [-0.4, -0.2) is 26.2 Å². The fourth-order valence-corrected chi connectivity index (χ4v) is 2.08. The monoisotopic (exact) mass is 290 g/mol. The summed E-state index contributed by atoms with van der Waals surface area (Å²) in [6.45, 7) is 5.04. The molecule has 0 radical (unpaired) electrons. The summed E-state index contributed by atoms with van der Waals surface area (Å²) >= 11 is 0. The van der Waals surface area contributed by atoms with Crippen molar-refractivity contribution in [3.8, 4) is 0 Å². The lowest BCUT2D eigenvalue weighted by Gasteiger charge is -2.17. The van der Waals surface area contributed by atoms with Crippen LogP contribution in [0.5, 0.6) is 0 Å². The molecule has 21 heavy (non-hydrogen) atoms. The van der Waals surface area contributed by atoms with Gasteiger partial charge in [0.2, 0.25) is 0 Å². The molecule has 6 nitrogen and oxygen atoms in total. The summed E-state index contributed by atoms with van der Waals surface area (Å²) in [4.78, 5) is 14.5. The molecule has 1 unspecified atom stereocenters. The summed E-state index contributed by atoms with van der Waals surface area (Å²) in [5.41, 5.74) is 10.3. The summed E-state index contributed by atoms with van der Waals surface area (Å²) in [5.74, 6) is 0.238. The minimum absolute atomic E-state index is 0.287. The summed E-state index contributed by atoms with van der Waals surface area (Å²) in [5, 5.41) is 6.48. The number of azide groups is 1. The third-order valence-electron chi connectivity index (χ3n) is 3.02. The van der Waals surface area contributed by atoms with Crippen LogP contribution in [0.4, 0.5) is 0 Å². The molecule has 6 heteroatoms. The number of hydrogen-bond donors (Lipinski definition) is 1. The van der Waals surface area contributed by atoms with Crippen LogP contribution in [-0.2, 0) is 16.0 Å². The van der Waals surface area contributed by atoms with E-state index in [9.17, 15) is 4.79 Å². The van der Waals surface area contributed by atoms with Crippen LogP contribution in [0.3, 0.4) is 0 Å². The van der Waals surface area contributed by atoms with Gasteiger partial charge in [-0.2, -0.15) is 0 Å². The van der Waals surface area contributed by atoms with E-state index in [2.05, 4.69) is 29.2 Å². The lowest BCUT2D eigenvalue weighted by molar-refractivity contribution is -0.143. The number of carbonyl (C=O) groups is 1. The Bertz CT molecular complexity index is 493. The largest absolute Gasteiger partial charge is 0.468 e. The van der Waals surface area contributed by atoms with Gasteiger partial charge in [0.25, 0.3) is 0 Å². The minimum atomic E-state index is -0.544. The Labute approximate surface area is 125 Å². The number of nitrogens with one attached hydrogen (secondary N) is 1. The van der Waals surface area contributed by atoms with Gasteiger partial charge in [0.15, 0.2) is 0 Å².